The van der Waals surface area contributed by atoms with E-state index >= 15 is 0 Å². The zero-order chi connectivity index (χ0) is 19.1. The lowest BCUT2D eigenvalue weighted by Gasteiger charge is -2.16. The number of rotatable bonds is 6. The Hall–Kier alpha value is -3.09. The lowest BCUT2D eigenvalue weighted by atomic mass is 10.1. The van der Waals surface area contributed by atoms with Gasteiger partial charge in [0.2, 0.25) is 0 Å². The number of halogens is 1. The molecule has 0 saturated carbocycles. The van der Waals surface area contributed by atoms with Crippen LogP contribution in [0.3, 0.4) is 0 Å². The highest BCUT2D eigenvalue weighted by molar-refractivity contribution is 5.85. The number of para-hydroxylation sites is 2. The SMILES string of the molecule is Cc1cccc(C)c1OCC(=O)NNC(=O)[C@@H](C)Oc1ccccc1F. The van der Waals surface area contributed by atoms with Crippen molar-refractivity contribution in [2.75, 3.05) is 6.61 Å². The van der Waals surface area contributed by atoms with Crippen LogP contribution >= 0.6 is 0 Å². The molecular formula is C19H21FN2O4. The third-order valence-electron chi connectivity index (χ3n) is 3.59. The Bertz CT molecular complexity index is 775. The Kier molecular flexibility index (Phi) is 6.54. The van der Waals surface area contributed by atoms with Gasteiger partial charge in [-0.15, -0.1) is 0 Å². The first-order valence-corrected chi connectivity index (χ1v) is 8.07. The number of ether oxygens (including phenoxy) is 2. The summed E-state index contributed by atoms with van der Waals surface area (Å²) in [6.07, 6.45) is -0.994. The fraction of sp³-hybridized carbons (Fsp3) is 0.263. The van der Waals surface area contributed by atoms with Gasteiger partial charge < -0.3 is 9.47 Å². The minimum atomic E-state index is -0.994. The number of carbonyl (C=O) groups is 2. The van der Waals surface area contributed by atoms with E-state index in [1.165, 1.54) is 25.1 Å². The number of carbonyl (C=O) groups excluding carboxylic acids is 2. The molecule has 0 spiro atoms. The van der Waals surface area contributed by atoms with Crippen LogP contribution in [-0.2, 0) is 9.59 Å². The molecule has 0 heterocycles. The van der Waals surface area contributed by atoms with E-state index in [1.54, 1.807) is 6.07 Å². The van der Waals surface area contributed by atoms with Gasteiger partial charge in [0.25, 0.3) is 11.8 Å². The molecule has 2 N–H and O–H groups in total. The van der Waals surface area contributed by atoms with Crippen molar-refractivity contribution in [3.05, 3.63) is 59.4 Å². The highest BCUT2D eigenvalue weighted by Crippen LogP contribution is 2.22. The fourth-order valence-electron chi connectivity index (χ4n) is 2.22. The minimum Gasteiger partial charge on any atom is -0.483 e. The summed E-state index contributed by atoms with van der Waals surface area (Å²) in [5.41, 5.74) is 6.28. The molecule has 138 valence electrons. The largest absolute Gasteiger partial charge is 0.483 e. The van der Waals surface area contributed by atoms with Crippen LogP contribution in [0, 0.1) is 19.7 Å². The van der Waals surface area contributed by atoms with Crippen LogP contribution in [0.5, 0.6) is 11.5 Å². The molecule has 0 bridgehead atoms. The summed E-state index contributed by atoms with van der Waals surface area (Å²) in [5.74, 6) is -1.13. The van der Waals surface area contributed by atoms with E-state index in [4.69, 9.17) is 9.47 Å². The minimum absolute atomic E-state index is 0.0418. The van der Waals surface area contributed by atoms with Gasteiger partial charge in [-0.25, -0.2) is 4.39 Å². The average molecular weight is 360 g/mol. The maximum absolute atomic E-state index is 13.5. The Balaban J connectivity index is 1.79. The third kappa shape index (κ3) is 5.20. The molecule has 7 heteroatoms. The zero-order valence-electron chi connectivity index (χ0n) is 14.8. The molecule has 0 aromatic heterocycles. The van der Waals surface area contributed by atoms with E-state index in [0.29, 0.717) is 5.75 Å². The Morgan fingerprint density at radius 1 is 1.04 bits per heavy atom. The molecule has 0 saturated heterocycles. The van der Waals surface area contributed by atoms with Gasteiger partial charge in [-0.05, 0) is 44.0 Å². The molecule has 2 aromatic rings. The number of hydrazine groups is 1. The average Bonchev–Trinajstić information content (AvgIpc) is 2.61. The van der Waals surface area contributed by atoms with Crippen molar-refractivity contribution in [3.63, 3.8) is 0 Å². The molecule has 0 aliphatic heterocycles. The Morgan fingerprint density at radius 2 is 1.69 bits per heavy atom. The Labute approximate surface area is 151 Å². The van der Waals surface area contributed by atoms with Gasteiger partial charge in [-0.2, -0.15) is 0 Å². The molecule has 0 fully saturated rings. The molecule has 2 rings (SSSR count). The molecule has 2 amide bonds. The second kappa shape index (κ2) is 8.84. The number of amides is 2. The van der Waals surface area contributed by atoms with E-state index in [2.05, 4.69) is 10.9 Å². The summed E-state index contributed by atoms with van der Waals surface area (Å²) in [6, 6.07) is 11.4. The monoisotopic (exact) mass is 360 g/mol. The highest BCUT2D eigenvalue weighted by Gasteiger charge is 2.17. The number of aryl methyl sites for hydroxylation is 2. The molecule has 0 aliphatic rings. The molecule has 0 aliphatic carbocycles. The van der Waals surface area contributed by atoms with Crippen LogP contribution < -0.4 is 20.3 Å². The van der Waals surface area contributed by atoms with Crippen LogP contribution in [0.25, 0.3) is 0 Å². The second-order valence-electron chi connectivity index (χ2n) is 5.74. The van der Waals surface area contributed by atoms with E-state index in [1.807, 2.05) is 32.0 Å². The van der Waals surface area contributed by atoms with Gasteiger partial charge in [0.05, 0.1) is 0 Å². The van der Waals surface area contributed by atoms with Gasteiger partial charge in [-0.1, -0.05) is 30.3 Å². The number of hydrogen-bond acceptors (Lipinski definition) is 4. The van der Waals surface area contributed by atoms with Crippen LogP contribution in [0.1, 0.15) is 18.1 Å². The molecule has 0 unspecified atom stereocenters. The summed E-state index contributed by atoms with van der Waals surface area (Å²) < 4.78 is 24.2. The van der Waals surface area contributed by atoms with Crippen LogP contribution in [0.2, 0.25) is 0 Å². The quantitative estimate of drug-likeness (QED) is 0.776. The van der Waals surface area contributed by atoms with Gasteiger partial charge in [0.15, 0.2) is 24.3 Å². The predicted octanol–water partition coefficient (Wildman–Crippen LogP) is 2.44. The van der Waals surface area contributed by atoms with Gasteiger partial charge in [0, 0.05) is 0 Å². The van der Waals surface area contributed by atoms with E-state index < -0.39 is 23.7 Å². The normalized spacial score (nSPS) is 11.4. The van der Waals surface area contributed by atoms with Gasteiger partial charge in [-0.3, -0.25) is 20.4 Å². The molecule has 2 aromatic carbocycles. The predicted molar refractivity (Wildman–Crippen MR) is 94.2 cm³/mol. The zero-order valence-corrected chi connectivity index (χ0v) is 14.8. The standard InChI is InChI=1S/C19H21FN2O4/c1-12-7-6-8-13(2)18(12)25-11-17(23)21-22-19(24)14(3)26-16-10-5-4-9-15(16)20/h4-10,14H,11H2,1-3H3,(H,21,23)(H,22,24)/t14-/m1/s1. The summed E-state index contributed by atoms with van der Waals surface area (Å²) in [7, 11) is 0. The highest BCUT2D eigenvalue weighted by atomic mass is 19.1. The number of hydrogen-bond donors (Lipinski definition) is 2. The summed E-state index contributed by atoms with van der Waals surface area (Å²) in [6.45, 7) is 4.95. The van der Waals surface area contributed by atoms with E-state index in [9.17, 15) is 14.0 Å². The smallest absolute Gasteiger partial charge is 0.279 e. The summed E-state index contributed by atoms with van der Waals surface area (Å²) in [4.78, 5) is 23.8. The van der Waals surface area contributed by atoms with Gasteiger partial charge in [0.1, 0.15) is 5.75 Å². The summed E-state index contributed by atoms with van der Waals surface area (Å²) in [5, 5.41) is 0. The molecule has 26 heavy (non-hydrogen) atoms. The molecular weight excluding hydrogens is 339 g/mol. The lowest BCUT2D eigenvalue weighted by molar-refractivity contribution is -0.133. The maximum atomic E-state index is 13.5. The summed E-state index contributed by atoms with van der Waals surface area (Å²) >= 11 is 0. The third-order valence-corrected chi connectivity index (χ3v) is 3.59. The first-order valence-electron chi connectivity index (χ1n) is 8.07. The molecule has 1 atom stereocenters. The number of nitrogens with one attached hydrogen (secondary N) is 2. The molecule has 6 nitrogen and oxygen atoms in total. The lowest BCUT2D eigenvalue weighted by Crippen LogP contribution is -2.48. The Morgan fingerprint density at radius 3 is 2.35 bits per heavy atom. The fourth-order valence-corrected chi connectivity index (χ4v) is 2.22. The van der Waals surface area contributed by atoms with Crippen molar-refractivity contribution in [1.82, 2.24) is 10.9 Å². The first-order chi connectivity index (χ1) is 12.4. The first kappa shape index (κ1) is 19.2. The molecule has 0 radical (unpaired) electrons. The van der Waals surface area contributed by atoms with Crippen molar-refractivity contribution in [3.8, 4) is 11.5 Å². The second-order valence-corrected chi connectivity index (χ2v) is 5.74. The van der Waals surface area contributed by atoms with Crippen LogP contribution in [0.15, 0.2) is 42.5 Å². The number of benzene rings is 2. The van der Waals surface area contributed by atoms with E-state index in [0.717, 1.165) is 11.1 Å². The van der Waals surface area contributed by atoms with Crippen LogP contribution in [0.4, 0.5) is 4.39 Å². The van der Waals surface area contributed by atoms with Crippen LogP contribution in [-0.4, -0.2) is 24.5 Å². The topological polar surface area (TPSA) is 76.7 Å². The van der Waals surface area contributed by atoms with Crippen molar-refractivity contribution in [2.45, 2.75) is 26.9 Å². The van der Waals surface area contributed by atoms with Crippen molar-refractivity contribution in [1.29, 1.82) is 0 Å². The maximum Gasteiger partial charge on any atom is 0.279 e. The van der Waals surface area contributed by atoms with Crippen molar-refractivity contribution in [2.24, 2.45) is 0 Å². The van der Waals surface area contributed by atoms with Gasteiger partial charge >= 0.3 is 0 Å². The van der Waals surface area contributed by atoms with Crippen molar-refractivity contribution < 1.29 is 23.5 Å². The van der Waals surface area contributed by atoms with E-state index in [-0.39, 0.29) is 12.4 Å². The van der Waals surface area contributed by atoms with Crippen molar-refractivity contribution >= 4 is 11.8 Å².